The first-order valence-corrected chi connectivity index (χ1v) is 34.1. The van der Waals surface area contributed by atoms with Crippen LogP contribution in [0, 0.1) is 0 Å². The summed E-state index contributed by atoms with van der Waals surface area (Å²) in [5.74, 6) is -1.20. The lowest BCUT2D eigenvalue weighted by Crippen LogP contribution is -2.61. The third-order valence-electron chi connectivity index (χ3n) is 15.9. The normalized spacial score (nSPS) is 19.0. The number of carbonyl (C=O) groups excluding carboxylic acids is 2. The van der Waals surface area contributed by atoms with Crippen molar-refractivity contribution in [1.29, 1.82) is 0 Å². The van der Waals surface area contributed by atoms with Gasteiger partial charge in [-0.2, -0.15) is 0 Å². The highest BCUT2D eigenvalue weighted by Crippen LogP contribution is 2.26. The van der Waals surface area contributed by atoms with Gasteiger partial charge < -0.3 is 45.1 Å². The van der Waals surface area contributed by atoms with Crippen molar-refractivity contribution in [1.82, 2.24) is 5.32 Å². The van der Waals surface area contributed by atoms with Crippen LogP contribution >= 0.6 is 0 Å². The highest BCUT2D eigenvalue weighted by atomic mass is 16.7. The molecule has 0 radical (unpaired) electrons. The minimum absolute atomic E-state index is 0.115. The van der Waals surface area contributed by atoms with Gasteiger partial charge in [0.05, 0.1) is 25.4 Å². The molecule has 1 rings (SSSR count). The van der Waals surface area contributed by atoms with Gasteiger partial charge in [-0.15, -0.1) is 0 Å². The van der Waals surface area contributed by atoms with E-state index < -0.39 is 67.4 Å². The number of nitrogens with one attached hydrogen (secondary N) is 1. The second-order valence-corrected chi connectivity index (χ2v) is 23.5. The Morgan fingerprint density at radius 3 is 1.35 bits per heavy atom. The molecule has 11 nitrogen and oxygen atoms in total. The summed E-state index contributed by atoms with van der Waals surface area (Å²) in [4.78, 5) is 26.6. The largest absolute Gasteiger partial charge is 0.454 e. The van der Waals surface area contributed by atoms with Crippen molar-refractivity contribution in [2.24, 2.45) is 0 Å². The number of rotatable bonds is 58. The molecule has 8 atom stereocenters. The molecule has 1 heterocycles. The van der Waals surface area contributed by atoms with Gasteiger partial charge in [0.2, 0.25) is 5.91 Å². The highest BCUT2D eigenvalue weighted by Gasteiger charge is 2.47. The van der Waals surface area contributed by atoms with E-state index in [0.717, 1.165) is 89.9 Å². The van der Waals surface area contributed by atoms with E-state index in [1.54, 1.807) is 6.08 Å². The first-order chi connectivity index (χ1) is 39.7. The summed E-state index contributed by atoms with van der Waals surface area (Å²) >= 11 is 0. The van der Waals surface area contributed by atoms with Crippen molar-refractivity contribution in [3.63, 3.8) is 0 Å². The van der Waals surface area contributed by atoms with E-state index in [1.807, 2.05) is 6.08 Å². The van der Waals surface area contributed by atoms with Gasteiger partial charge in [0, 0.05) is 6.42 Å². The van der Waals surface area contributed by atoms with E-state index >= 15 is 0 Å². The molecule has 1 aliphatic rings. The smallest absolute Gasteiger partial charge is 0.306 e. The number of allylic oxidation sites excluding steroid dienone is 9. The maximum absolute atomic E-state index is 13.5. The Balaban J connectivity index is 2.56. The molecule has 0 spiro atoms. The van der Waals surface area contributed by atoms with Crippen molar-refractivity contribution in [3.8, 4) is 0 Å². The average Bonchev–Trinajstić information content (AvgIpc) is 3.53. The molecule has 0 saturated carbocycles. The first kappa shape index (κ1) is 76.4. The fraction of sp³-hybridized carbons (Fsp3) is 0.829. The number of ether oxygens (including phenoxy) is 3. The number of unbranched alkanes of at least 4 members (excludes halogenated alkanes) is 36. The van der Waals surface area contributed by atoms with E-state index in [-0.39, 0.29) is 13.0 Å². The minimum atomic E-state index is -1.62. The summed E-state index contributed by atoms with van der Waals surface area (Å²) in [5, 5.41) is 57.1. The zero-order chi connectivity index (χ0) is 58.9. The van der Waals surface area contributed by atoms with Gasteiger partial charge in [-0.1, -0.05) is 281 Å². The number of hydrogen-bond donors (Lipinski definition) is 6. The number of carbonyl (C=O) groups is 2. The molecule has 11 heteroatoms. The molecule has 6 N–H and O–H groups in total. The number of amides is 1. The Morgan fingerprint density at radius 1 is 0.494 bits per heavy atom. The zero-order valence-corrected chi connectivity index (χ0v) is 52.4. The lowest BCUT2D eigenvalue weighted by molar-refractivity contribution is -0.305. The molecule has 472 valence electrons. The third kappa shape index (κ3) is 45.4. The maximum atomic E-state index is 13.5. The van der Waals surface area contributed by atoms with Gasteiger partial charge in [0.1, 0.15) is 24.4 Å². The van der Waals surface area contributed by atoms with Gasteiger partial charge in [0.25, 0.3) is 0 Å². The molecule has 1 amide bonds. The Kier molecular flexibility index (Phi) is 54.5. The Hall–Kier alpha value is -2.64. The second kappa shape index (κ2) is 57.8. The first-order valence-electron chi connectivity index (χ1n) is 34.1. The van der Waals surface area contributed by atoms with Crippen molar-refractivity contribution >= 4 is 11.9 Å². The molecule has 8 unspecified atom stereocenters. The van der Waals surface area contributed by atoms with Gasteiger partial charge >= 0.3 is 5.97 Å². The van der Waals surface area contributed by atoms with Crippen LogP contribution < -0.4 is 5.32 Å². The summed E-state index contributed by atoms with van der Waals surface area (Å²) in [6.45, 7) is 5.68. The van der Waals surface area contributed by atoms with E-state index in [0.29, 0.717) is 19.3 Å². The van der Waals surface area contributed by atoms with Crippen LogP contribution in [0.2, 0.25) is 0 Å². The summed E-state index contributed by atoms with van der Waals surface area (Å²) in [7, 11) is 0. The van der Waals surface area contributed by atoms with Crippen molar-refractivity contribution in [2.75, 3.05) is 13.2 Å². The van der Waals surface area contributed by atoms with E-state index in [1.165, 1.54) is 173 Å². The highest BCUT2D eigenvalue weighted by molar-refractivity contribution is 5.80. The number of aliphatic hydroxyl groups is 5. The lowest BCUT2D eigenvalue weighted by Gasteiger charge is -2.41. The molecule has 0 aromatic heterocycles. The van der Waals surface area contributed by atoms with Crippen LogP contribution in [-0.2, 0) is 23.8 Å². The Labute approximate surface area is 497 Å². The maximum Gasteiger partial charge on any atom is 0.306 e. The molecule has 0 aromatic rings. The van der Waals surface area contributed by atoms with Gasteiger partial charge in [-0.25, -0.2) is 0 Å². The molecular weight excluding hydrogens is 1010 g/mol. The summed E-state index contributed by atoms with van der Waals surface area (Å²) in [6.07, 6.45) is 62.7. The minimum Gasteiger partial charge on any atom is -0.454 e. The topological polar surface area (TPSA) is 175 Å². The van der Waals surface area contributed by atoms with Crippen LogP contribution in [-0.4, -0.2) is 99.6 Å². The van der Waals surface area contributed by atoms with Crippen LogP contribution in [0.15, 0.2) is 60.8 Å². The molecule has 81 heavy (non-hydrogen) atoms. The summed E-state index contributed by atoms with van der Waals surface area (Å²) < 4.78 is 17.6. The van der Waals surface area contributed by atoms with Gasteiger partial charge in [0.15, 0.2) is 12.4 Å². The molecule has 0 aromatic carbocycles. The van der Waals surface area contributed by atoms with Crippen LogP contribution in [0.1, 0.15) is 310 Å². The summed E-state index contributed by atoms with van der Waals surface area (Å²) in [6, 6.07) is -1.03. The number of hydrogen-bond acceptors (Lipinski definition) is 10. The average molecular weight is 1140 g/mol. The predicted molar refractivity (Wildman–Crippen MR) is 338 cm³/mol. The van der Waals surface area contributed by atoms with Crippen LogP contribution in [0.5, 0.6) is 0 Å². The van der Waals surface area contributed by atoms with E-state index in [4.69, 9.17) is 14.2 Å². The monoisotopic (exact) mass is 1140 g/mol. The SMILES string of the molecule is CC/C=C/C/C=C/CCCCCCCCCC(=O)OC1C(OCC(NC(=O)C(O)CCCCCCCCCCCCCCCCCC/C=C\C/C=C\CCCCC)C(O)/C=C/CCCCCCCCCCCC)OC(CO)C(O)C1O. The fourth-order valence-corrected chi connectivity index (χ4v) is 10.5. The quantitative estimate of drug-likeness (QED) is 0.0195. The van der Waals surface area contributed by atoms with E-state index in [9.17, 15) is 35.1 Å². The molecule has 1 fully saturated rings. The molecule has 0 bridgehead atoms. The van der Waals surface area contributed by atoms with Crippen molar-refractivity contribution in [3.05, 3.63) is 60.8 Å². The van der Waals surface area contributed by atoms with Crippen molar-refractivity contribution in [2.45, 2.75) is 359 Å². The Bertz CT molecular complexity index is 1550. The van der Waals surface area contributed by atoms with E-state index in [2.05, 4.69) is 74.7 Å². The van der Waals surface area contributed by atoms with Crippen LogP contribution in [0.4, 0.5) is 0 Å². The fourth-order valence-electron chi connectivity index (χ4n) is 10.5. The second-order valence-electron chi connectivity index (χ2n) is 23.5. The van der Waals surface area contributed by atoms with Crippen LogP contribution in [0.3, 0.4) is 0 Å². The van der Waals surface area contributed by atoms with Crippen molar-refractivity contribution < 1.29 is 49.3 Å². The zero-order valence-electron chi connectivity index (χ0n) is 52.4. The Morgan fingerprint density at radius 2 is 0.889 bits per heavy atom. The molecule has 1 saturated heterocycles. The standard InChI is InChI=1S/C70H127NO10/c1-4-7-10-13-16-19-22-25-27-28-29-30-31-32-33-34-35-36-37-38-39-42-45-48-51-54-57-63(74)69(78)71-61(62(73)56-53-50-47-44-41-24-21-18-15-12-9-6-3)60-79-70-68(67(77)66(76)64(59-72)80-70)81-65(75)58-55-52-49-46-43-40-26-23-20-17-14-11-8-5-2/h8,11,16-17,19-20,25,27,53,56,61-64,66-68,70,72-74,76-77H,4-7,9-10,12-15,18,21-24,26,28-52,54-55,57-60H2,1-3H3,(H,71,78)/b11-8+,19-16-,20-17+,27-25-,56-53+. The van der Waals surface area contributed by atoms with Gasteiger partial charge in [-0.05, 0) is 83.5 Å². The molecular formula is C70H127NO10. The third-order valence-corrected chi connectivity index (χ3v) is 15.9. The number of esters is 1. The predicted octanol–water partition coefficient (Wildman–Crippen LogP) is 17.0. The molecule has 1 aliphatic heterocycles. The van der Waals surface area contributed by atoms with Crippen LogP contribution in [0.25, 0.3) is 0 Å². The molecule has 0 aliphatic carbocycles. The van der Waals surface area contributed by atoms with Gasteiger partial charge in [-0.3, -0.25) is 9.59 Å². The number of aliphatic hydroxyl groups excluding tert-OH is 5. The summed E-state index contributed by atoms with van der Waals surface area (Å²) in [5.41, 5.74) is 0. The lowest BCUT2D eigenvalue weighted by atomic mass is 9.99.